The molecule has 0 aliphatic rings. The van der Waals surface area contributed by atoms with Gasteiger partial charge in [-0.25, -0.2) is 4.98 Å². The lowest BCUT2D eigenvalue weighted by Crippen LogP contribution is -2.27. The van der Waals surface area contributed by atoms with Crippen LogP contribution in [0.25, 0.3) is 9.88 Å². The molecule has 0 spiro atoms. The van der Waals surface area contributed by atoms with Crippen molar-refractivity contribution in [3.63, 3.8) is 0 Å². The third-order valence-corrected chi connectivity index (χ3v) is 5.45. The van der Waals surface area contributed by atoms with Crippen molar-refractivity contribution in [3.05, 3.63) is 63.4 Å². The summed E-state index contributed by atoms with van der Waals surface area (Å²) in [5, 5.41) is 8.76. The average molecular weight is 363 g/mol. The molecule has 23 heavy (non-hydrogen) atoms. The number of thiazole rings is 1. The minimum absolute atomic E-state index is 0.0148. The van der Waals surface area contributed by atoms with E-state index in [1.807, 2.05) is 23.6 Å². The zero-order chi connectivity index (χ0) is 16.1. The summed E-state index contributed by atoms with van der Waals surface area (Å²) in [7, 11) is 0. The van der Waals surface area contributed by atoms with Gasteiger partial charge in [0.15, 0.2) is 0 Å². The van der Waals surface area contributed by atoms with Gasteiger partial charge < -0.3 is 5.32 Å². The van der Waals surface area contributed by atoms with Crippen molar-refractivity contribution in [2.75, 3.05) is 6.54 Å². The number of hydrogen-bond donors (Lipinski definition) is 1. The molecular weight excluding hydrogens is 348 g/mol. The van der Waals surface area contributed by atoms with Gasteiger partial charge >= 0.3 is 0 Å². The molecule has 118 valence electrons. The number of benzene rings is 1. The van der Waals surface area contributed by atoms with Crippen molar-refractivity contribution < 1.29 is 4.79 Å². The van der Waals surface area contributed by atoms with E-state index < -0.39 is 0 Å². The van der Waals surface area contributed by atoms with Crippen molar-refractivity contribution >= 4 is 40.2 Å². The fraction of sp³-hybridized carbons (Fsp3) is 0.176. The third-order valence-electron chi connectivity index (χ3n) is 3.26. The molecule has 2 aromatic heterocycles. The lowest BCUT2D eigenvalue weighted by Gasteiger charge is -2.04. The molecular formula is C17H15ClN2OS2. The first-order chi connectivity index (χ1) is 11.2. The van der Waals surface area contributed by atoms with Gasteiger partial charge in [-0.05, 0) is 29.1 Å². The highest BCUT2D eigenvalue weighted by molar-refractivity contribution is 7.20. The second-order valence-corrected chi connectivity index (χ2v) is 7.27. The molecule has 0 bridgehead atoms. The van der Waals surface area contributed by atoms with Gasteiger partial charge in [-0.2, -0.15) is 0 Å². The van der Waals surface area contributed by atoms with E-state index in [9.17, 15) is 4.79 Å². The third kappa shape index (κ3) is 4.64. The van der Waals surface area contributed by atoms with Gasteiger partial charge in [0.2, 0.25) is 5.91 Å². The number of rotatable bonds is 6. The lowest BCUT2D eigenvalue weighted by atomic mass is 10.1. The van der Waals surface area contributed by atoms with Crippen LogP contribution in [0.3, 0.4) is 0 Å². The Morgan fingerprint density at radius 1 is 1.17 bits per heavy atom. The first-order valence-electron chi connectivity index (χ1n) is 7.20. The van der Waals surface area contributed by atoms with Crippen LogP contribution < -0.4 is 5.32 Å². The van der Waals surface area contributed by atoms with Crippen molar-refractivity contribution in [2.24, 2.45) is 0 Å². The Balaban J connectivity index is 1.46. The number of thiophene rings is 1. The minimum atomic E-state index is 0.0148. The molecule has 3 rings (SSSR count). The van der Waals surface area contributed by atoms with Gasteiger partial charge in [0, 0.05) is 23.4 Å². The summed E-state index contributed by atoms with van der Waals surface area (Å²) in [6.45, 7) is 0.597. The zero-order valence-electron chi connectivity index (χ0n) is 12.3. The SMILES string of the molecule is O=C(Cc1ccc(Cl)cc1)NCCc1csc(-c2cccs2)n1. The van der Waals surface area contributed by atoms with Crippen LogP contribution in [0, 0.1) is 0 Å². The quantitative estimate of drug-likeness (QED) is 0.705. The Bertz CT molecular complexity index is 766. The van der Waals surface area contributed by atoms with Gasteiger partial charge in [-0.15, -0.1) is 22.7 Å². The van der Waals surface area contributed by atoms with E-state index in [4.69, 9.17) is 11.6 Å². The Morgan fingerprint density at radius 3 is 2.74 bits per heavy atom. The monoisotopic (exact) mass is 362 g/mol. The zero-order valence-corrected chi connectivity index (χ0v) is 14.7. The highest BCUT2D eigenvalue weighted by Crippen LogP contribution is 2.27. The first kappa shape index (κ1) is 16.2. The highest BCUT2D eigenvalue weighted by atomic mass is 35.5. The maximum Gasteiger partial charge on any atom is 0.224 e. The van der Waals surface area contributed by atoms with Crippen molar-refractivity contribution in [3.8, 4) is 9.88 Å². The summed E-state index contributed by atoms with van der Waals surface area (Å²) in [6, 6.07) is 11.4. The maximum atomic E-state index is 11.9. The number of aromatic nitrogens is 1. The van der Waals surface area contributed by atoms with Crippen LogP contribution >= 0.6 is 34.3 Å². The van der Waals surface area contributed by atoms with Crippen molar-refractivity contribution in [1.29, 1.82) is 0 Å². The second-order valence-electron chi connectivity index (χ2n) is 5.02. The molecule has 0 atom stereocenters. The Labute approximate surface area is 148 Å². The van der Waals surface area contributed by atoms with Crippen LogP contribution in [-0.2, 0) is 17.6 Å². The number of nitrogens with one attached hydrogen (secondary N) is 1. The van der Waals surface area contributed by atoms with Gasteiger partial charge in [0.05, 0.1) is 17.0 Å². The number of halogens is 1. The lowest BCUT2D eigenvalue weighted by molar-refractivity contribution is -0.120. The van der Waals surface area contributed by atoms with Crippen LogP contribution in [0.2, 0.25) is 5.02 Å². The molecule has 1 N–H and O–H groups in total. The van der Waals surface area contributed by atoms with Gasteiger partial charge in [0.1, 0.15) is 5.01 Å². The standard InChI is InChI=1S/C17H15ClN2OS2/c18-13-5-3-12(4-6-13)10-16(21)19-8-7-14-11-23-17(20-14)15-2-1-9-22-15/h1-6,9,11H,7-8,10H2,(H,19,21). The first-order valence-corrected chi connectivity index (χ1v) is 9.34. The Kier molecular flexibility index (Phi) is 5.43. The van der Waals surface area contributed by atoms with E-state index in [1.165, 1.54) is 4.88 Å². The largest absolute Gasteiger partial charge is 0.355 e. The van der Waals surface area contributed by atoms with Gasteiger partial charge in [-0.1, -0.05) is 29.8 Å². The van der Waals surface area contributed by atoms with E-state index >= 15 is 0 Å². The van der Waals surface area contributed by atoms with Crippen LogP contribution in [0.4, 0.5) is 0 Å². The fourth-order valence-electron chi connectivity index (χ4n) is 2.12. The molecule has 6 heteroatoms. The minimum Gasteiger partial charge on any atom is -0.355 e. The Hall–Kier alpha value is -1.69. The van der Waals surface area contributed by atoms with Gasteiger partial charge in [0.25, 0.3) is 0 Å². The molecule has 1 amide bonds. The second kappa shape index (κ2) is 7.73. The summed E-state index contributed by atoms with van der Waals surface area (Å²) >= 11 is 9.17. The van der Waals surface area contributed by atoms with Crippen LogP contribution in [0.5, 0.6) is 0 Å². The normalized spacial score (nSPS) is 10.7. The molecule has 0 saturated heterocycles. The van der Waals surface area contributed by atoms with E-state index in [2.05, 4.69) is 21.7 Å². The summed E-state index contributed by atoms with van der Waals surface area (Å²) in [5.41, 5.74) is 1.98. The van der Waals surface area contributed by atoms with Crippen LogP contribution in [0.1, 0.15) is 11.3 Å². The summed E-state index contributed by atoms with van der Waals surface area (Å²) in [5.74, 6) is 0.0148. The van der Waals surface area contributed by atoms with E-state index in [0.717, 1.165) is 22.7 Å². The van der Waals surface area contributed by atoms with Crippen LogP contribution in [-0.4, -0.2) is 17.4 Å². The van der Waals surface area contributed by atoms with Crippen LogP contribution in [0.15, 0.2) is 47.2 Å². The molecule has 0 unspecified atom stereocenters. The summed E-state index contributed by atoms with van der Waals surface area (Å²) in [4.78, 5) is 17.7. The molecule has 2 heterocycles. The Morgan fingerprint density at radius 2 is 2.00 bits per heavy atom. The smallest absolute Gasteiger partial charge is 0.224 e. The van der Waals surface area contributed by atoms with Crippen molar-refractivity contribution in [1.82, 2.24) is 10.3 Å². The molecule has 1 aromatic carbocycles. The maximum absolute atomic E-state index is 11.9. The number of carbonyl (C=O) groups is 1. The summed E-state index contributed by atoms with van der Waals surface area (Å²) < 4.78 is 0. The van der Waals surface area contributed by atoms with Crippen molar-refractivity contribution in [2.45, 2.75) is 12.8 Å². The average Bonchev–Trinajstić information content (AvgIpc) is 3.20. The molecule has 3 nitrogen and oxygen atoms in total. The molecule has 0 aliphatic heterocycles. The number of amides is 1. The van der Waals surface area contributed by atoms with Gasteiger partial charge in [-0.3, -0.25) is 4.79 Å². The molecule has 0 fully saturated rings. The predicted molar refractivity (Wildman–Crippen MR) is 97.3 cm³/mol. The number of carbonyl (C=O) groups excluding carboxylic acids is 1. The van der Waals surface area contributed by atoms with E-state index in [-0.39, 0.29) is 5.91 Å². The summed E-state index contributed by atoms with van der Waals surface area (Å²) in [6.07, 6.45) is 1.11. The van der Waals surface area contributed by atoms with E-state index in [0.29, 0.717) is 18.0 Å². The number of nitrogens with zero attached hydrogens (tertiary/aromatic N) is 1. The number of hydrogen-bond acceptors (Lipinski definition) is 4. The topological polar surface area (TPSA) is 42.0 Å². The highest BCUT2D eigenvalue weighted by Gasteiger charge is 2.07. The van der Waals surface area contributed by atoms with E-state index in [1.54, 1.807) is 34.8 Å². The fourth-order valence-corrected chi connectivity index (χ4v) is 3.91. The molecule has 0 radical (unpaired) electrons. The predicted octanol–water partition coefficient (Wildman–Crippen LogP) is 4.43. The molecule has 0 saturated carbocycles. The molecule has 3 aromatic rings. The molecule has 0 aliphatic carbocycles.